The third-order valence-electron chi connectivity index (χ3n) is 3.35. The first kappa shape index (κ1) is 19.5. The van der Waals surface area contributed by atoms with Crippen molar-refractivity contribution in [3.05, 3.63) is 59.7 Å². The predicted octanol–water partition coefficient (Wildman–Crippen LogP) is 3.62. The summed E-state index contributed by atoms with van der Waals surface area (Å²) >= 11 is 0. The molecule has 0 fully saturated rings. The van der Waals surface area contributed by atoms with Gasteiger partial charge in [0.25, 0.3) is 0 Å². The lowest BCUT2D eigenvalue weighted by Gasteiger charge is -2.09. The lowest BCUT2D eigenvalue weighted by Crippen LogP contribution is -2.13. The Morgan fingerprint density at radius 3 is 1.37 bits per heavy atom. The number of hydrogen-bond acceptors (Lipinski definition) is 7. The average Bonchev–Trinajstić information content (AvgIpc) is 2.68. The zero-order valence-electron chi connectivity index (χ0n) is 14.7. The van der Waals surface area contributed by atoms with Crippen LogP contribution in [0, 0.1) is 22.7 Å². The Morgan fingerprint density at radius 1 is 0.741 bits per heavy atom. The number of carbonyl (C=O) groups is 2. The minimum Gasteiger partial charge on any atom is -0.457 e. The highest BCUT2D eigenvalue weighted by Gasteiger charge is 2.13. The topological polar surface area (TPSA) is 109 Å². The quantitative estimate of drug-likeness (QED) is 0.720. The monoisotopic (exact) mass is 364 g/mol. The fourth-order valence-electron chi connectivity index (χ4n) is 1.96. The van der Waals surface area contributed by atoms with Gasteiger partial charge in [0.1, 0.15) is 23.6 Å². The van der Waals surface area contributed by atoms with Crippen LogP contribution in [-0.4, -0.2) is 24.1 Å². The van der Waals surface area contributed by atoms with Crippen LogP contribution in [0.3, 0.4) is 0 Å². The molecule has 0 spiro atoms. The first-order valence-electron chi connectivity index (χ1n) is 8.02. The van der Waals surface area contributed by atoms with Crippen molar-refractivity contribution in [1.29, 1.82) is 10.5 Å². The molecule has 7 heteroatoms. The number of hydrogen-bond donors (Lipinski definition) is 0. The van der Waals surface area contributed by atoms with Crippen molar-refractivity contribution in [2.45, 2.75) is 26.1 Å². The maximum absolute atomic E-state index is 11.8. The summed E-state index contributed by atoms with van der Waals surface area (Å²) in [6.45, 7) is 2.96. The van der Waals surface area contributed by atoms with Gasteiger partial charge in [-0.25, -0.2) is 9.59 Å². The first-order valence-corrected chi connectivity index (χ1v) is 8.02. The fourth-order valence-corrected chi connectivity index (χ4v) is 1.96. The van der Waals surface area contributed by atoms with E-state index in [9.17, 15) is 9.59 Å². The molecule has 2 aromatic carbocycles. The van der Waals surface area contributed by atoms with Crippen molar-refractivity contribution in [1.82, 2.24) is 0 Å². The number of ether oxygens (including phenoxy) is 3. The van der Waals surface area contributed by atoms with E-state index in [1.165, 1.54) is 38.1 Å². The summed E-state index contributed by atoms with van der Waals surface area (Å²) in [5.74, 6) is -0.225. The standard InChI is InChI=1S/C20H16N2O5/c1-13(11-21)25-19(23)15-3-7-17(8-4-15)27-18-9-5-16(6-10-18)20(24)26-14(2)12-22/h3-10,13-14H,1-2H3/t13-,14-/m1/s1. The van der Waals surface area contributed by atoms with Gasteiger partial charge < -0.3 is 14.2 Å². The number of nitriles is 2. The lowest BCUT2D eigenvalue weighted by atomic mass is 10.2. The minimum absolute atomic E-state index is 0.300. The van der Waals surface area contributed by atoms with Gasteiger partial charge in [-0.1, -0.05) is 0 Å². The molecule has 0 bridgehead atoms. The van der Waals surface area contributed by atoms with Gasteiger partial charge in [0.2, 0.25) is 0 Å². The van der Waals surface area contributed by atoms with Crippen LogP contribution in [0.15, 0.2) is 48.5 Å². The maximum Gasteiger partial charge on any atom is 0.339 e. The van der Waals surface area contributed by atoms with Gasteiger partial charge in [0.05, 0.1) is 11.1 Å². The number of carbonyl (C=O) groups excluding carboxylic acids is 2. The third-order valence-corrected chi connectivity index (χ3v) is 3.35. The van der Waals surface area contributed by atoms with Crippen LogP contribution in [0.5, 0.6) is 11.5 Å². The van der Waals surface area contributed by atoms with E-state index in [4.69, 9.17) is 24.7 Å². The van der Waals surface area contributed by atoms with Crippen molar-refractivity contribution >= 4 is 11.9 Å². The van der Waals surface area contributed by atoms with Crippen LogP contribution in [0.1, 0.15) is 34.6 Å². The Morgan fingerprint density at radius 2 is 1.07 bits per heavy atom. The predicted molar refractivity (Wildman–Crippen MR) is 93.9 cm³/mol. The minimum atomic E-state index is -0.824. The summed E-state index contributed by atoms with van der Waals surface area (Å²) < 4.78 is 15.5. The van der Waals surface area contributed by atoms with Gasteiger partial charge in [-0.15, -0.1) is 0 Å². The molecule has 7 nitrogen and oxygen atoms in total. The molecule has 0 aromatic heterocycles. The molecule has 0 aliphatic heterocycles. The molecule has 2 aromatic rings. The van der Waals surface area contributed by atoms with E-state index in [1.54, 1.807) is 24.3 Å². The fraction of sp³-hybridized carbons (Fsp3) is 0.200. The Hall–Kier alpha value is -3.84. The highest BCUT2D eigenvalue weighted by molar-refractivity contribution is 5.90. The molecule has 0 heterocycles. The van der Waals surface area contributed by atoms with E-state index in [1.807, 2.05) is 12.1 Å². The molecule has 2 atom stereocenters. The summed E-state index contributed by atoms with van der Waals surface area (Å²) in [6, 6.07) is 16.1. The second-order valence-corrected chi connectivity index (χ2v) is 5.50. The summed E-state index contributed by atoms with van der Waals surface area (Å²) in [5, 5.41) is 17.3. The normalized spacial score (nSPS) is 12.0. The average molecular weight is 364 g/mol. The van der Waals surface area contributed by atoms with E-state index in [2.05, 4.69) is 0 Å². The Bertz CT molecular complexity index is 816. The number of benzene rings is 2. The second kappa shape index (κ2) is 9.02. The molecule has 0 saturated heterocycles. The smallest absolute Gasteiger partial charge is 0.339 e. The number of rotatable bonds is 6. The van der Waals surface area contributed by atoms with Gasteiger partial charge >= 0.3 is 11.9 Å². The molecule has 136 valence electrons. The van der Waals surface area contributed by atoms with Crippen molar-refractivity contribution in [3.8, 4) is 23.6 Å². The molecule has 0 aliphatic carbocycles. The summed E-state index contributed by atoms with van der Waals surface area (Å²) in [7, 11) is 0. The van der Waals surface area contributed by atoms with Crippen LogP contribution < -0.4 is 4.74 Å². The summed E-state index contributed by atoms with van der Waals surface area (Å²) in [4.78, 5) is 23.6. The molecule has 0 amide bonds. The third kappa shape index (κ3) is 5.58. The SMILES string of the molecule is C[C@H](C#N)OC(=O)c1ccc(Oc2ccc(C(=O)O[C@H](C)C#N)cc2)cc1. The molecular weight excluding hydrogens is 348 g/mol. The highest BCUT2D eigenvalue weighted by Crippen LogP contribution is 2.22. The van der Waals surface area contributed by atoms with E-state index < -0.39 is 24.1 Å². The zero-order valence-corrected chi connectivity index (χ0v) is 14.7. The molecule has 2 rings (SSSR count). The van der Waals surface area contributed by atoms with Crippen molar-refractivity contribution in [2.24, 2.45) is 0 Å². The highest BCUT2D eigenvalue weighted by atomic mass is 16.5. The van der Waals surface area contributed by atoms with Crippen molar-refractivity contribution in [3.63, 3.8) is 0 Å². The largest absolute Gasteiger partial charge is 0.457 e. The number of nitrogens with zero attached hydrogens (tertiary/aromatic N) is 2. The van der Waals surface area contributed by atoms with Crippen LogP contribution >= 0.6 is 0 Å². The molecule has 0 N–H and O–H groups in total. The van der Waals surface area contributed by atoms with Crippen LogP contribution in [0.4, 0.5) is 0 Å². The van der Waals surface area contributed by atoms with E-state index in [0.29, 0.717) is 22.6 Å². The molecule has 27 heavy (non-hydrogen) atoms. The van der Waals surface area contributed by atoms with Gasteiger partial charge in [0.15, 0.2) is 12.2 Å². The van der Waals surface area contributed by atoms with Gasteiger partial charge in [-0.2, -0.15) is 10.5 Å². The van der Waals surface area contributed by atoms with Crippen LogP contribution in [0.25, 0.3) is 0 Å². The Labute approximate surface area is 156 Å². The second-order valence-electron chi connectivity index (χ2n) is 5.50. The molecule has 0 saturated carbocycles. The number of esters is 2. The van der Waals surface area contributed by atoms with E-state index in [-0.39, 0.29) is 0 Å². The molecule has 0 unspecified atom stereocenters. The van der Waals surface area contributed by atoms with Gasteiger partial charge in [-0.3, -0.25) is 0 Å². The van der Waals surface area contributed by atoms with Crippen molar-refractivity contribution in [2.75, 3.05) is 0 Å². The van der Waals surface area contributed by atoms with E-state index >= 15 is 0 Å². The Balaban J connectivity index is 1.99. The summed E-state index contributed by atoms with van der Waals surface area (Å²) in [6.07, 6.45) is -1.65. The zero-order chi connectivity index (χ0) is 19.8. The maximum atomic E-state index is 11.8. The van der Waals surface area contributed by atoms with Crippen molar-refractivity contribution < 1.29 is 23.8 Å². The molecule has 0 aliphatic rings. The Kier molecular flexibility index (Phi) is 6.51. The summed E-state index contributed by atoms with van der Waals surface area (Å²) in [5.41, 5.74) is 0.600. The molecule has 0 radical (unpaired) electrons. The van der Waals surface area contributed by atoms with Crippen LogP contribution in [-0.2, 0) is 9.47 Å². The van der Waals surface area contributed by atoms with E-state index in [0.717, 1.165) is 0 Å². The van der Waals surface area contributed by atoms with Gasteiger partial charge in [0, 0.05) is 0 Å². The first-order chi connectivity index (χ1) is 12.9. The molecular formula is C20H16N2O5. The van der Waals surface area contributed by atoms with Crippen LogP contribution in [0.2, 0.25) is 0 Å². The van der Waals surface area contributed by atoms with Gasteiger partial charge in [-0.05, 0) is 62.4 Å². The lowest BCUT2D eigenvalue weighted by molar-refractivity contribution is 0.0425.